The SMILES string of the molecule is CN(C)c1ccc(-c2ccc(CNC(=O)C3CCCCC3)c(Cl)c2)cc1. The molecule has 2 aromatic carbocycles. The third-order valence-electron chi connectivity index (χ3n) is 5.20. The molecule has 0 unspecified atom stereocenters. The maximum Gasteiger partial charge on any atom is 0.223 e. The first-order valence-electron chi connectivity index (χ1n) is 9.38. The zero-order valence-electron chi connectivity index (χ0n) is 15.6. The van der Waals surface area contributed by atoms with Crippen LogP contribution in [0, 0.1) is 5.92 Å². The minimum atomic E-state index is 0.170. The third-order valence-corrected chi connectivity index (χ3v) is 5.55. The topological polar surface area (TPSA) is 32.3 Å². The Balaban J connectivity index is 1.64. The summed E-state index contributed by atoms with van der Waals surface area (Å²) >= 11 is 6.47. The number of carbonyl (C=O) groups excluding carboxylic acids is 1. The van der Waals surface area contributed by atoms with Crippen molar-refractivity contribution >= 4 is 23.2 Å². The average Bonchev–Trinajstić information content (AvgIpc) is 2.67. The molecule has 2 aromatic rings. The Bertz CT molecular complexity index is 749. The van der Waals surface area contributed by atoms with Crippen LogP contribution in [0.3, 0.4) is 0 Å². The van der Waals surface area contributed by atoms with E-state index in [1.807, 2.05) is 26.2 Å². The number of benzene rings is 2. The highest BCUT2D eigenvalue weighted by atomic mass is 35.5. The highest BCUT2D eigenvalue weighted by Gasteiger charge is 2.20. The van der Waals surface area contributed by atoms with Crippen molar-refractivity contribution in [2.24, 2.45) is 5.92 Å². The normalized spacial score (nSPS) is 14.9. The van der Waals surface area contributed by atoms with Gasteiger partial charge in [0.15, 0.2) is 0 Å². The Morgan fingerprint density at radius 2 is 1.69 bits per heavy atom. The van der Waals surface area contributed by atoms with Crippen LogP contribution in [0.1, 0.15) is 37.7 Å². The Labute approximate surface area is 161 Å². The fourth-order valence-electron chi connectivity index (χ4n) is 3.51. The lowest BCUT2D eigenvalue weighted by atomic mass is 9.88. The van der Waals surface area contributed by atoms with Crippen molar-refractivity contribution in [2.45, 2.75) is 38.6 Å². The molecule has 0 spiro atoms. The van der Waals surface area contributed by atoms with Gasteiger partial charge in [0.2, 0.25) is 5.91 Å². The van der Waals surface area contributed by atoms with E-state index in [0.717, 1.165) is 29.5 Å². The van der Waals surface area contributed by atoms with Crippen LogP contribution < -0.4 is 10.2 Å². The molecular formula is C22H27ClN2O. The van der Waals surface area contributed by atoms with E-state index in [0.29, 0.717) is 11.6 Å². The van der Waals surface area contributed by atoms with Crippen LogP contribution in [0.25, 0.3) is 11.1 Å². The number of amides is 1. The molecule has 1 saturated carbocycles. The average molecular weight is 371 g/mol. The minimum absolute atomic E-state index is 0.170. The summed E-state index contributed by atoms with van der Waals surface area (Å²) in [5, 5.41) is 3.76. The summed E-state index contributed by atoms with van der Waals surface area (Å²) in [5.74, 6) is 0.348. The van der Waals surface area contributed by atoms with Crippen LogP contribution >= 0.6 is 11.6 Å². The van der Waals surface area contributed by atoms with E-state index in [1.54, 1.807) is 0 Å². The maximum absolute atomic E-state index is 12.3. The molecule has 3 rings (SSSR count). The standard InChI is InChI=1S/C22H27ClN2O/c1-25(2)20-12-10-16(11-13-20)18-8-9-19(21(23)14-18)15-24-22(26)17-6-4-3-5-7-17/h8-14,17H,3-7,15H2,1-2H3,(H,24,26). The highest BCUT2D eigenvalue weighted by Crippen LogP contribution is 2.28. The van der Waals surface area contributed by atoms with E-state index in [-0.39, 0.29) is 11.8 Å². The molecule has 1 aliphatic carbocycles. The predicted octanol–water partition coefficient (Wildman–Crippen LogP) is 5.27. The van der Waals surface area contributed by atoms with E-state index < -0.39 is 0 Å². The molecule has 1 aliphatic rings. The molecule has 3 nitrogen and oxygen atoms in total. The second kappa shape index (κ2) is 8.59. The molecule has 0 aliphatic heterocycles. The Morgan fingerprint density at radius 3 is 2.31 bits per heavy atom. The molecule has 1 amide bonds. The van der Waals surface area contributed by atoms with Crippen LogP contribution in [0.2, 0.25) is 5.02 Å². The van der Waals surface area contributed by atoms with E-state index in [4.69, 9.17) is 11.6 Å². The first-order chi connectivity index (χ1) is 12.5. The van der Waals surface area contributed by atoms with E-state index in [1.165, 1.54) is 24.9 Å². The van der Waals surface area contributed by atoms with Gasteiger partial charge in [-0.15, -0.1) is 0 Å². The van der Waals surface area contributed by atoms with Crippen molar-refractivity contribution in [3.8, 4) is 11.1 Å². The number of anilines is 1. The zero-order valence-corrected chi connectivity index (χ0v) is 16.4. The van der Waals surface area contributed by atoms with Crippen LogP contribution in [0.15, 0.2) is 42.5 Å². The van der Waals surface area contributed by atoms with Crippen LogP contribution in [0.4, 0.5) is 5.69 Å². The fourth-order valence-corrected chi connectivity index (χ4v) is 3.76. The maximum atomic E-state index is 12.3. The van der Waals surface area contributed by atoms with Crippen LogP contribution in [0.5, 0.6) is 0 Å². The summed E-state index contributed by atoms with van der Waals surface area (Å²) in [5.41, 5.74) is 4.35. The third kappa shape index (κ3) is 4.59. The summed E-state index contributed by atoms with van der Waals surface area (Å²) in [6.07, 6.45) is 5.62. The molecular weight excluding hydrogens is 344 g/mol. The van der Waals surface area contributed by atoms with E-state index in [9.17, 15) is 4.79 Å². The van der Waals surface area contributed by atoms with E-state index >= 15 is 0 Å². The number of nitrogens with one attached hydrogen (secondary N) is 1. The first kappa shape index (κ1) is 18.8. The predicted molar refractivity (Wildman–Crippen MR) is 110 cm³/mol. The molecule has 0 saturated heterocycles. The number of nitrogens with zero attached hydrogens (tertiary/aromatic N) is 1. The minimum Gasteiger partial charge on any atom is -0.378 e. The Kier molecular flexibility index (Phi) is 6.20. The molecule has 0 radical (unpaired) electrons. The quantitative estimate of drug-likeness (QED) is 0.777. The van der Waals surface area contributed by atoms with Gasteiger partial charge in [-0.25, -0.2) is 0 Å². The second-order valence-corrected chi connectivity index (χ2v) is 7.71. The molecule has 0 heterocycles. The summed E-state index contributed by atoms with van der Waals surface area (Å²) in [4.78, 5) is 14.4. The number of carbonyl (C=O) groups is 1. The number of hydrogen-bond donors (Lipinski definition) is 1. The van der Waals surface area contributed by atoms with Gasteiger partial charge in [-0.05, 0) is 47.7 Å². The molecule has 1 N–H and O–H groups in total. The summed E-state index contributed by atoms with van der Waals surface area (Å²) in [6, 6.07) is 14.5. The molecule has 0 bridgehead atoms. The van der Waals surface area contributed by atoms with Gasteiger partial charge in [-0.2, -0.15) is 0 Å². The van der Waals surface area contributed by atoms with Crippen LogP contribution in [-0.2, 0) is 11.3 Å². The molecule has 0 aromatic heterocycles. The number of rotatable bonds is 5. The van der Waals surface area contributed by atoms with Crippen molar-refractivity contribution in [2.75, 3.05) is 19.0 Å². The largest absolute Gasteiger partial charge is 0.378 e. The summed E-state index contributed by atoms with van der Waals surface area (Å²) in [6.45, 7) is 0.494. The molecule has 0 atom stereocenters. The van der Waals surface area contributed by atoms with Gasteiger partial charge >= 0.3 is 0 Å². The van der Waals surface area contributed by atoms with Gasteiger partial charge in [0.05, 0.1) is 0 Å². The van der Waals surface area contributed by atoms with Gasteiger partial charge in [0.1, 0.15) is 0 Å². The Morgan fingerprint density at radius 1 is 1.04 bits per heavy atom. The van der Waals surface area contributed by atoms with Gasteiger partial charge in [-0.3, -0.25) is 4.79 Å². The fraction of sp³-hybridized carbons (Fsp3) is 0.409. The van der Waals surface area contributed by atoms with Crippen LogP contribution in [-0.4, -0.2) is 20.0 Å². The van der Waals surface area contributed by atoms with Crippen molar-refractivity contribution < 1.29 is 4.79 Å². The van der Waals surface area contributed by atoms with Crippen molar-refractivity contribution in [1.82, 2.24) is 5.32 Å². The lowest BCUT2D eigenvalue weighted by Crippen LogP contribution is -2.31. The lowest BCUT2D eigenvalue weighted by Gasteiger charge is -2.21. The smallest absolute Gasteiger partial charge is 0.223 e. The molecule has 4 heteroatoms. The number of halogens is 1. The second-order valence-electron chi connectivity index (χ2n) is 7.30. The summed E-state index contributed by atoms with van der Waals surface area (Å²) < 4.78 is 0. The van der Waals surface area contributed by atoms with Crippen molar-refractivity contribution in [3.63, 3.8) is 0 Å². The zero-order chi connectivity index (χ0) is 18.5. The number of hydrogen-bond acceptors (Lipinski definition) is 2. The van der Waals surface area contributed by atoms with Gasteiger partial charge < -0.3 is 10.2 Å². The van der Waals surface area contributed by atoms with Gasteiger partial charge in [0.25, 0.3) is 0 Å². The first-order valence-corrected chi connectivity index (χ1v) is 9.76. The summed E-state index contributed by atoms with van der Waals surface area (Å²) in [7, 11) is 4.06. The monoisotopic (exact) mass is 370 g/mol. The van der Waals surface area contributed by atoms with Crippen molar-refractivity contribution in [1.29, 1.82) is 0 Å². The Hall–Kier alpha value is -2.00. The molecule has 1 fully saturated rings. The molecule has 138 valence electrons. The van der Waals surface area contributed by atoms with Gasteiger partial charge in [-0.1, -0.05) is 55.1 Å². The van der Waals surface area contributed by atoms with Gasteiger partial charge in [0, 0.05) is 37.3 Å². The lowest BCUT2D eigenvalue weighted by molar-refractivity contribution is -0.126. The van der Waals surface area contributed by atoms with Crippen molar-refractivity contribution in [3.05, 3.63) is 53.1 Å². The van der Waals surface area contributed by atoms with E-state index in [2.05, 4.69) is 40.5 Å². The molecule has 26 heavy (non-hydrogen) atoms. The highest BCUT2D eigenvalue weighted by molar-refractivity contribution is 6.31.